The molecule has 0 amide bonds. The molecule has 90 valence electrons. The van der Waals surface area contributed by atoms with Crippen LogP contribution >= 0.6 is 0 Å². The first-order valence-corrected chi connectivity index (χ1v) is 5.91. The molecular formula is C14H17NO2. The zero-order chi connectivity index (χ0) is 12.4. The van der Waals surface area contributed by atoms with E-state index in [-0.39, 0.29) is 11.7 Å². The summed E-state index contributed by atoms with van der Waals surface area (Å²) in [7, 11) is 0. The lowest BCUT2D eigenvalue weighted by Crippen LogP contribution is -2.06. The molecule has 0 fully saturated rings. The Hall–Kier alpha value is -1.77. The van der Waals surface area contributed by atoms with Gasteiger partial charge in [0.25, 0.3) is 0 Å². The largest absolute Gasteiger partial charge is 0.494 e. The van der Waals surface area contributed by atoms with E-state index in [2.05, 4.69) is 4.98 Å². The minimum Gasteiger partial charge on any atom is -0.494 e. The number of hydrogen-bond acceptors (Lipinski definition) is 2. The smallest absolute Gasteiger partial charge is 0.167 e. The molecule has 1 aromatic heterocycles. The summed E-state index contributed by atoms with van der Waals surface area (Å²) in [6.45, 7) is 6.39. The Morgan fingerprint density at radius 2 is 2.18 bits per heavy atom. The summed E-state index contributed by atoms with van der Waals surface area (Å²) in [4.78, 5) is 15.1. The van der Waals surface area contributed by atoms with E-state index in [1.165, 1.54) is 0 Å². The summed E-state index contributed by atoms with van der Waals surface area (Å²) in [6, 6.07) is 5.77. The van der Waals surface area contributed by atoms with E-state index in [0.717, 1.165) is 22.2 Å². The second-order valence-corrected chi connectivity index (χ2v) is 4.36. The minimum atomic E-state index is 0.00440. The van der Waals surface area contributed by atoms with Gasteiger partial charge in [-0.25, -0.2) is 0 Å². The first kappa shape index (κ1) is 11.7. The highest BCUT2D eigenvalue weighted by atomic mass is 16.5. The standard InChI is InChI=1S/C14H17NO2/c1-4-17-10-5-6-13-11(7-10)12(8-15-13)14(16)9(2)3/h5-9,15H,4H2,1-3H3. The average molecular weight is 231 g/mol. The Bertz CT molecular complexity index is 540. The Labute approximate surface area is 101 Å². The Morgan fingerprint density at radius 1 is 1.41 bits per heavy atom. The molecule has 0 unspecified atom stereocenters. The maximum atomic E-state index is 12.0. The van der Waals surface area contributed by atoms with Gasteiger partial charge in [-0.3, -0.25) is 4.79 Å². The number of hydrogen-bond donors (Lipinski definition) is 1. The van der Waals surface area contributed by atoms with Crippen molar-refractivity contribution in [2.45, 2.75) is 20.8 Å². The fourth-order valence-electron chi connectivity index (χ4n) is 1.87. The molecule has 0 bridgehead atoms. The molecule has 1 aromatic carbocycles. The molecule has 1 heterocycles. The van der Waals surface area contributed by atoms with Gasteiger partial charge in [0, 0.05) is 28.6 Å². The van der Waals surface area contributed by atoms with Crippen molar-refractivity contribution in [2.75, 3.05) is 6.61 Å². The zero-order valence-corrected chi connectivity index (χ0v) is 10.4. The van der Waals surface area contributed by atoms with Crippen LogP contribution in [0.1, 0.15) is 31.1 Å². The third kappa shape index (κ3) is 2.18. The highest BCUT2D eigenvalue weighted by molar-refractivity contribution is 6.08. The van der Waals surface area contributed by atoms with Crippen LogP contribution in [0.25, 0.3) is 10.9 Å². The van der Waals surface area contributed by atoms with Crippen molar-refractivity contribution in [3.8, 4) is 5.75 Å². The second kappa shape index (κ2) is 4.62. The van der Waals surface area contributed by atoms with Crippen molar-refractivity contribution >= 4 is 16.7 Å². The number of rotatable bonds is 4. The van der Waals surface area contributed by atoms with Gasteiger partial charge in [0.2, 0.25) is 0 Å². The molecule has 0 saturated heterocycles. The summed E-state index contributed by atoms with van der Waals surface area (Å²) in [5.41, 5.74) is 1.72. The van der Waals surface area contributed by atoms with Gasteiger partial charge in [-0.05, 0) is 25.1 Å². The van der Waals surface area contributed by atoms with Crippen LogP contribution in [0.4, 0.5) is 0 Å². The van der Waals surface area contributed by atoms with Crippen molar-refractivity contribution in [1.82, 2.24) is 4.98 Å². The number of carbonyl (C=O) groups is 1. The lowest BCUT2D eigenvalue weighted by molar-refractivity contribution is 0.0941. The van der Waals surface area contributed by atoms with E-state index < -0.39 is 0 Å². The topological polar surface area (TPSA) is 42.1 Å². The molecule has 2 rings (SSSR count). The van der Waals surface area contributed by atoms with Crippen molar-refractivity contribution in [2.24, 2.45) is 5.92 Å². The third-order valence-electron chi connectivity index (χ3n) is 2.75. The average Bonchev–Trinajstić information content (AvgIpc) is 2.71. The molecule has 0 radical (unpaired) electrons. The van der Waals surface area contributed by atoms with Crippen LogP contribution in [-0.4, -0.2) is 17.4 Å². The summed E-state index contributed by atoms with van der Waals surface area (Å²) >= 11 is 0. The maximum absolute atomic E-state index is 12.0. The maximum Gasteiger partial charge on any atom is 0.167 e. The highest BCUT2D eigenvalue weighted by Crippen LogP contribution is 2.25. The monoisotopic (exact) mass is 231 g/mol. The van der Waals surface area contributed by atoms with Gasteiger partial charge < -0.3 is 9.72 Å². The summed E-state index contributed by atoms with van der Waals surface area (Å²) in [6.07, 6.45) is 1.78. The van der Waals surface area contributed by atoms with E-state index >= 15 is 0 Å². The second-order valence-electron chi connectivity index (χ2n) is 4.36. The number of H-pyrrole nitrogens is 1. The molecule has 0 atom stereocenters. The minimum absolute atomic E-state index is 0.00440. The normalized spacial score (nSPS) is 11.1. The molecule has 17 heavy (non-hydrogen) atoms. The van der Waals surface area contributed by atoms with Crippen molar-refractivity contribution in [3.05, 3.63) is 30.0 Å². The van der Waals surface area contributed by atoms with Gasteiger partial charge in [0.1, 0.15) is 5.75 Å². The number of nitrogens with one attached hydrogen (secondary N) is 1. The predicted octanol–water partition coefficient (Wildman–Crippen LogP) is 3.41. The highest BCUT2D eigenvalue weighted by Gasteiger charge is 2.15. The first-order valence-electron chi connectivity index (χ1n) is 5.91. The fourth-order valence-corrected chi connectivity index (χ4v) is 1.87. The van der Waals surface area contributed by atoms with Crippen LogP contribution < -0.4 is 4.74 Å². The van der Waals surface area contributed by atoms with Crippen molar-refractivity contribution in [3.63, 3.8) is 0 Å². The van der Waals surface area contributed by atoms with Crippen LogP contribution in [0, 0.1) is 5.92 Å². The van der Waals surface area contributed by atoms with Gasteiger partial charge >= 0.3 is 0 Å². The van der Waals surface area contributed by atoms with Crippen molar-refractivity contribution in [1.29, 1.82) is 0 Å². The molecule has 0 aliphatic heterocycles. The van der Waals surface area contributed by atoms with Crippen LogP contribution in [0.2, 0.25) is 0 Å². The van der Waals surface area contributed by atoms with Crippen LogP contribution in [0.15, 0.2) is 24.4 Å². The lowest BCUT2D eigenvalue weighted by atomic mass is 10.0. The number of fused-ring (bicyclic) bond motifs is 1. The number of aromatic nitrogens is 1. The summed E-state index contributed by atoms with van der Waals surface area (Å²) < 4.78 is 5.45. The summed E-state index contributed by atoms with van der Waals surface area (Å²) in [5.74, 6) is 0.965. The number of carbonyl (C=O) groups excluding carboxylic acids is 1. The van der Waals surface area contributed by atoms with Crippen molar-refractivity contribution < 1.29 is 9.53 Å². The molecular weight excluding hydrogens is 214 g/mol. The van der Waals surface area contributed by atoms with Crippen LogP contribution in [0.3, 0.4) is 0 Å². The molecule has 3 nitrogen and oxygen atoms in total. The number of aromatic amines is 1. The van der Waals surface area contributed by atoms with E-state index in [1.807, 2.05) is 39.0 Å². The first-order chi connectivity index (χ1) is 8.13. The SMILES string of the molecule is CCOc1ccc2[nH]cc(C(=O)C(C)C)c2c1. The van der Waals surface area contributed by atoms with E-state index in [9.17, 15) is 4.79 Å². The number of Topliss-reactive ketones (excluding diaryl/α,β-unsaturated/α-hetero) is 1. The van der Waals surface area contributed by atoms with E-state index in [4.69, 9.17) is 4.74 Å². The predicted molar refractivity (Wildman–Crippen MR) is 68.6 cm³/mol. The summed E-state index contributed by atoms with van der Waals surface area (Å²) in [5, 5.41) is 0.939. The zero-order valence-electron chi connectivity index (χ0n) is 10.4. The number of ether oxygens (including phenoxy) is 1. The van der Waals surface area contributed by atoms with E-state index in [0.29, 0.717) is 6.61 Å². The molecule has 2 aromatic rings. The van der Waals surface area contributed by atoms with Gasteiger partial charge in [0.05, 0.1) is 6.61 Å². The van der Waals surface area contributed by atoms with Gasteiger partial charge in [-0.1, -0.05) is 13.8 Å². The van der Waals surface area contributed by atoms with Crippen LogP contribution in [0.5, 0.6) is 5.75 Å². The van der Waals surface area contributed by atoms with Gasteiger partial charge in [-0.15, -0.1) is 0 Å². The van der Waals surface area contributed by atoms with Crippen LogP contribution in [-0.2, 0) is 0 Å². The Kier molecular flexibility index (Phi) is 3.18. The molecule has 0 spiro atoms. The number of ketones is 1. The number of benzene rings is 1. The quantitative estimate of drug-likeness (QED) is 0.819. The van der Waals surface area contributed by atoms with Gasteiger partial charge in [-0.2, -0.15) is 0 Å². The molecule has 3 heteroatoms. The lowest BCUT2D eigenvalue weighted by Gasteiger charge is -2.05. The molecule has 0 aliphatic carbocycles. The molecule has 0 aliphatic rings. The molecule has 0 saturated carbocycles. The fraction of sp³-hybridized carbons (Fsp3) is 0.357. The van der Waals surface area contributed by atoms with Gasteiger partial charge in [0.15, 0.2) is 5.78 Å². The third-order valence-corrected chi connectivity index (χ3v) is 2.75. The van der Waals surface area contributed by atoms with E-state index in [1.54, 1.807) is 6.20 Å². The Morgan fingerprint density at radius 3 is 2.82 bits per heavy atom. The molecule has 1 N–H and O–H groups in total. The Balaban J connectivity index is 2.50.